The zero-order chi connectivity index (χ0) is 14.0. The van der Waals surface area contributed by atoms with Crippen molar-refractivity contribution in [3.63, 3.8) is 0 Å². The van der Waals surface area contributed by atoms with Crippen LogP contribution in [0.3, 0.4) is 0 Å². The van der Waals surface area contributed by atoms with Crippen molar-refractivity contribution in [2.45, 2.75) is 30.8 Å². The van der Waals surface area contributed by atoms with Crippen molar-refractivity contribution < 1.29 is 33.8 Å². The van der Waals surface area contributed by atoms with Gasteiger partial charge < -0.3 is 24.7 Å². The van der Waals surface area contributed by atoms with E-state index in [4.69, 9.17) is 19.6 Å². The molecule has 1 aliphatic rings. The molecule has 0 unspecified atom stereocenters. The average Bonchev–Trinajstić information content (AvgIpc) is 2.24. The first-order valence-corrected chi connectivity index (χ1v) is 10.5. The lowest BCUT2D eigenvalue weighted by atomic mass is 10.3. The van der Waals surface area contributed by atoms with Crippen LogP contribution in [-0.4, -0.2) is 47.0 Å². The van der Waals surface area contributed by atoms with Crippen LogP contribution in [0.5, 0.6) is 0 Å². The molecule has 18 heavy (non-hydrogen) atoms. The summed E-state index contributed by atoms with van der Waals surface area (Å²) in [5.41, 5.74) is 0. The van der Waals surface area contributed by atoms with Gasteiger partial charge in [0.1, 0.15) is 17.3 Å². The lowest BCUT2D eigenvalue weighted by Gasteiger charge is -2.29. The Balaban J connectivity index is 2.74. The second-order valence-electron chi connectivity index (χ2n) is 4.40. The van der Waals surface area contributed by atoms with E-state index in [1.165, 1.54) is 0 Å². The highest BCUT2D eigenvalue weighted by molar-refractivity contribution is 7.96. The van der Waals surface area contributed by atoms with Crippen LogP contribution in [0.4, 0.5) is 0 Å². The summed E-state index contributed by atoms with van der Waals surface area (Å²) in [6.07, 6.45) is 2.59. The molecule has 0 aromatic rings. The van der Waals surface area contributed by atoms with Gasteiger partial charge in [-0.1, -0.05) is 0 Å². The van der Waals surface area contributed by atoms with Crippen molar-refractivity contribution in [1.29, 1.82) is 0 Å². The summed E-state index contributed by atoms with van der Waals surface area (Å²) in [5, 5.41) is 6.46. The van der Waals surface area contributed by atoms with Crippen molar-refractivity contribution in [3.05, 3.63) is 0 Å². The molecule has 7 nitrogen and oxygen atoms in total. The Kier molecular flexibility index (Phi) is 5.49. The fourth-order valence-electron chi connectivity index (χ4n) is 1.84. The monoisotopic (exact) mass is 321 g/mol. The van der Waals surface area contributed by atoms with Crippen LogP contribution in [0.2, 0.25) is 0 Å². The summed E-state index contributed by atoms with van der Waals surface area (Å²) < 4.78 is 22.3. The minimum atomic E-state index is -5.28. The van der Waals surface area contributed by atoms with Gasteiger partial charge in [0.2, 0.25) is 0 Å². The molecule has 1 saturated heterocycles. The van der Waals surface area contributed by atoms with E-state index < -0.39 is 26.7 Å². The standard InChI is InChI=1S/C8H18O7P2S/c9-8(16(10,11)12,17(13,14)15)4-7-18-5-2-1-3-6-18/h9H,1-7H2,(H3-,10,11,12,13,14,15)/p+1. The van der Waals surface area contributed by atoms with Crippen LogP contribution in [0.15, 0.2) is 0 Å². The van der Waals surface area contributed by atoms with Crippen molar-refractivity contribution >= 4 is 26.1 Å². The molecule has 1 fully saturated rings. The normalized spacial score (nSPS) is 20.1. The molecule has 0 bridgehead atoms. The quantitative estimate of drug-likeness (QED) is 0.360. The van der Waals surface area contributed by atoms with Crippen LogP contribution in [0, 0.1) is 0 Å². The summed E-state index contributed by atoms with van der Waals surface area (Å²) in [4.78, 5) is 35.9. The Morgan fingerprint density at radius 2 is 1.39 bits per heavy atom. The summed E-state index contributed by atoms with van der Waals surface area (Å²) in [6.45, 7) is 0. The summed E-state index contributed by atoms with van der Waals surface area (Å²) >= 11 is 0. The predicted octanol–water partition coefficient (Wildman–Crippen LogP) is 0.180. The van der Waals surface area contributed by atoms with Gasteiger partial charge in [0.05, 0.1) is 0 Å². The van der Waals surface area contributed by atoms with Crippen molar-refractivity contribution in [2.75, 3.05) is 17.3 Å². The van der Waals surface area contributed by atoms with E-state index in [9.17, 15) is 14.2 Å². The molecule has 0 amide bonds. The van der Waals surface area contributed by atoms with Crippen molar-refractivity contribution in [2.24, 2.45) is 0 Å². The Hall–Kier alpha value is 0.610. The SMILES string of the molecule is O=P(O)(O)C(O)(CC[S+]1CCCCC1)P(=O)(O)O. The maximum absolute atomic E-state index is 11.1. The number of aliphatic hydroxyl groups is 1. The van der Waals surface area contributed by atoms with Gasteiger partial charge in [0, 0.05) is 6.42 Å². The first kappa shape index (κ1) is 16.7. The van der Waals surface area contributed by atoms with Gasteiger partial charge in [0.15, 0.2) is 0 Å². The predicted molar refractivity (Wildman–Crippen MR) is 69.5 cm³/mol. The topological polar surface area (TPSA) is 135 Å². The third-order valence-electron chi connectivity index (χ3n) is 3.03. The van der Waals surface area contributed by atoms with Crippen LogP contribution in [0.1, 0.15) is 25.7 Å². The van der Waals surface area contributed by atoms with Crippen LogP contribution < -0.4 is 0 Å². The molecule has 5 N–H and O–H groups in total. The van der Waals surface area contributed by atoms with Crippen molar-refractivity contribution in [1.82, 2.24) is 0 Å². The van der Waals surface area contributed by atoms with Gasteiger partial charge in [-0.2, -0.15) is 0 Å². The van der Waals surface area contributed by atoms with E-state index >= 15 is 0 Å². The summed E-state index contributed by atoms with van der Waals surface area (Å²) in [5.74, 6) is 2.05. The molecule has 0 atom stereocenters. The maximum atomic E-state index is 11.1. The van der Waals surface area contributed by atoms with Gasteiger partial charge in [-0.25, -0.2) is 0 Å². The molecule has 0 aromatic heterocycles. The molecule has 0 aliphatic carbocycles. The van der Waals surface area contributed by atoms with E-state index in [-0.39, 0.29) is 16.6 Å². The lowest BCUT2D eigenvalue weighted by molar-refractivity contribution is 0.128. The fraction of sp³-hybridized carbons (Fsp3) is 1.00. The smallest absolute Gasteiger partial charge is 0.367 e. The van der Waals surface area contributed by atoms with Crippen LogP contribution >= 0.6 is 15.2 Å². The van der Waals surface area contributed by atoms with Gasteiger partial charge >= 0.3 is 15.2 Å². The van der Waals surface area contributed by atoms with E-state index in [0.29, 0.717) is 0 Å². The van der Waals surface area contributed by atoms with E-state index in [1.54, 1.807) is 0 Å². The van der Waals surface area contributed by atoms with Gasteiger partial charge in [-0.15, -0.1) is 0 Å². The van der Waals surface area contributed by atoms with Crippen LogP contribution in [-0.2, 0) is 20.0 Å². The third kappa shape index (κ3) is 3.81. The van der Waals surface area contributed by atoms with Gasteiger partial charge in [-0.3, -0.25) is 9.13 Å². The van der Waals surface area contributed by atoms with E-state index in [0.717, 1.165) is 30.8 Å². The molecule has 0 aromatic carbocycles. The first-order chi connectivity index (χ1) is 8.08. The first-order valence-electron chi connectivity index (χ1n) is 5.56. The van der Waals surface area contributed by atoms with Gasteiger partial charge in [-0.05, 0) is 30.2 Å². The minimum absolute atomic E-state index is 0.107. The second kappa shape index (κ2) is 5.94. The Labute approximate surface area is 108 Å². The Bertz CT molecular complexity index is 348. The number of hydrogen-bond acceptors (Lipinski definition) is 3. The van der Waals surface area contributed by atoms with Crippen molar-refractivity contribution in [3.8, 4) is 0 Å². The third-order valence-corrected chi connectivity index (χ3v) is 9.42. The highest BCUT2D eigenvalue weighted by Crippen LogP contribution is 2.69. The Morgan fingerprint density at radius 3 is 1.78 bits per heavy atom. The average molecular weight is 321 g/mol. The highest BCUT2D eigenvalue weighted by Gasteiger charge is 2.59. The molecule has 1 rings (SSSR count). The molecule has 0 radical (unpaired) electrons. The summed E-state index contributed by atoms with van der Waals surface area (Å²) in [6, 6.07) is 0. The largest absolute Gasteiger partial charge is 0.369 e. The molecule has 108 valence electrons. The molecular formula is C8H19O7P2S+. The van der Waals surface area contributed by atoms with Crippen LogP contribution in [0.25, 0.3) is 0 Å². The zero-order valence-electron chi connectivity index (χ0n) is 9.80. The number of hydrogen-bond donors (Lipinski definition) is 5. The lowest BCUT2D eigenvalue weighted by Crippen LogP contribution is -2.33. The zero-order valence-corrected chi connectivity index (χ0v) is 12.4. The molecule has 0 spiro atoms. The highest BCUT2D eigenvalue weighted by atomic mass is 32.2. The van der Waals surface area contributed by atoms with Gasteiger partial charge in [0.25, 0.3) is 5.08 Å². The molecule has 0 saturated carbocycles. The molecule has 1 heterocycles. The number of rotatable bonds is 5. The molecular weight excluding hydrogens is 302 g/mol. The molecule has 10 heteroatoms. The van der Waals surface area contributed by atoms with E-state index in [2.05, 4.69) is 0 Å². The Morgan fingerprint density at radius 1 is 0.944 bits per heavy atom. The minimum Gasteiger partial charge on any atom is -0.367 e. The second-order valence-corrected chi connectivity index (χ2v) is 10.9. The fourth-order valence-corrected chi connectivity index (χ4v) is 6.73. The maximum Gasteiger partial charge on any atom is 0.369 e. The molecule has 1 aliphatic heterocycles. The van der Waals surface area contributed by atoms with E-state index in [1.807, 2.05) is 0 Å². The summed E-state index contributed by atoms with van der Waals surface area (Å²) in [7, 11) is -10.7.